The maximum atomic E-state index is 13.0. The van der Waals surface area contributed by atoms with Crippen LogP contribution in [0.3, 0.4) is 0 Å². The fraction of sp³-hybridized carbons (Fsp3) is 0.533. The Morgan fingerprint density at radius 3 is 2.65 bits per heavy atom. The number of hydrogen-bond donors (Lipinski definition) is 2. The smallest absolute Gasteiger partial charge is 0.237 e. The van der Waals surface area contributed by atoms with Crippen molar-refractivity contribution in [1.29, 1.82) is 0 Å². The van der Waals surface area contributed by atoms with Crippen LogP contribution in [0.1, 0.15) is 32.8 Å². The summed E-state index contributed by atoms with van der Waals surface area (Å²) in [6.45, 7) is 7.76. The number of ether oxygens (including phenoxy) is 1. The van der Waals surface area contributed by atoms with Gasteiger partial charge in [0.05, 0.1) is 12.1 Å². The number of aryl methyl sites for hydroxylation is 1. The topological polar surface area (TPSA) is 64.3 Å². The second kappa shape index (κ2) is 6.70. The molecule has 0 spiro atoms. The van der Waals surface area contributed by atoms with Crippen molar-refractivity contribution in [2.75, 3.05) is 6.61 Å². The molecule has 0 saturated carbocycles. The van der Waals surface area contributed by atoms with Gasteiger partial charge < -0.3 is 15.8 Å². The van der Waals surface area contributed by atoms with Crippen molar-refractivity contribution in [2.45, 2.75) is 45.7 Å². The molecule has 5 heteroatoms. The van der Waals surface area contributed by atoms with Gasteiger partial charge in [0.15, 0.2) is 0 Å². The summed E-state index contributed by atoms with van der Waals surface area (Å²) in [7, 11) is 0. The molecule has 1 aromatic carbocycles. The molecule has 0 aliphatic rings. The number of rotatable bonds is 7. The van der Waals surface area contributed by atoms with Crippen LogP contribution < -0.4 is 15.8 Å². The van der Waals surface area contributed by atoms with Crippen molar-refractivity contribution in [2.24, 2.45) is 5.73 Å². The van der Waals surface area contributed by atoms with E-state index in [4.69, 9.17) is 10.5 Å². The Morgan fingerprint density at radius 1 is 1.50 bits per heavy atom. The number of primary amides is 1. The number of nitrogens with one attached hydrogen (secondary N) is 1. The standard InChI is InChI=1S/C15H23FN2O2/c1-10(2)18-15(4,14(17)19)7-8-20-13-6-5-12(16)9-11(13)3/h5-6,9-10,18H,7-8H2,1-4H3,(H2,17,19). The van der Waals surface area contributed by atoms with Gasteiger partial charge in [-0.3, -0.25) is 4.79 Å². The molecule has 0 aliphatic heterocycles. The van der Waals surface area contributed by atoms with E-state index in [0.29, 0.717) is 18.8 Å². The summed E-state index contributed by atoms with van der Waals surface area (Å²) in [5, 5.41) is 3.15. The summed E-state index contributed by atoms with van der Waals surface area (Å²) in [4.78, 5) is 11.6. The summed E-state index contributed by atoms with van der Waals surface area (Å²) >= 11 is 0. The highest BCUT2D eigenvalue weighted by atomic mass is 19.1. The lowest BCUT2D eigenvalue weighted by atomic mass is 9.96. The fourth-order valence-corrected chi connectivity index (χ4v) is 2.04. The van der Waals surface area contributed by atoms with Gasteiger partial charge in [-0.2, -0.15) is 0 Å². The van der Waals surface area contributed by atoms with Crippen LogP contribution in [-0.4, -0.2) is 24.1 Å². The van der Waals surface area contributed by atoms with E-state index in [1.165, 1.54) is 12.1 Å². The van der Waals surface area contributed by atoms with Crippen LogP contribution in [0.25, 0.3) is 0 Å². The monoisotopic (exact) mass is 282 g/mol. The van der Waals surface area contributed by atoms with E-state index in [-0.39, 0.29) is 11.9 Å². The lowest BCUT2D eigenvalue weighted by Gasteiger charge is -2.29. The average Bonchev–Trinajstić information content (AvgIpc) is 2.30. The largest absolute Gasteiger partial charge is 0.493 e. The second-order valence-electron chi connectivity index (χ2n) is 5.50. The summed E-state index contributed by atoms with van der Waals surface area (Å²) < 4.78 is 18.6. The van der Waals surface area contributed by atoms with Crippen molar-refractivity contribution in [3.05, 3.63) is 29.6 Å². The summed E-state index contributed by atoms with van der Waals surface area (Å²) in [5.41, 5.74) is 5.35. The van der Waals surface area contributed by atoms with Crippen molar-refractivity contribution in [1.82, 2.24) is 5.32 Å². The van der Waals surface area contributed by atoms with E-state index in [2.05, 4.69) is 5.32 Å². The molecule has 1 rings (SSSR count). The van der Waals surface area contributed by atoms with E-state index in [1.54, 1.807) is 19.9 Å². The number of nitrogens with two attached hydrogens (primary N) is 1. The molecule has 0 aromatic heterocycles. The van der Waals surface area contributed by atoms with Crippen molar-refractivity contribution >= 4 is 5.91 Å². The minimum Gasteiger partial charge on any atom is -0.493 e. The van der Waals surface area contributed by atoms with Gasteiger partial charge in [0.2, 0.25) is 5.91 Å². The third kappa shape index (κ3) is 4.49. The minimum absolute atomic E-state index is 0.139. The number of hydrogen-bond acceptors (Lipinski definition) is 3. The van der Waals surface area contributed by atoms with Crippen LogP contribution in [-0.2, 0) is 4.79 Å². The van der Waals surface area contributed by atoms with Gasteiger partial charge in [-0.25, -0.2) is 4.39 Å². The van der Waals surface area contributed by atoms with E-state index >= 15 is 0 Å². The first-order valence-corrected chi connectivity index (χ1v) is 6.71. The summed E-state index contributed by atoms with van der Waals surface area (Å²) in [6, 6.07) is 4.49. The van der Waals surface area contributed by atoms with Crippen LogP contribution in [0.4, 0.5) is 4.39 Å². The second-order valence-corrected chi connectivity index (χ2v) is 5.50. The summed E-state index contributed by atoms with van der Waals surface area (Å²) in [5.74, 6) is -0.0910. The summed E-state index contributed by atoms with van der Waals surface area (Å²) in [6.07, 6.45) is 0.442. The zero-order chi connectivity index (χ0) is 15.3. The van der Waals surface area contributed by atoms with Gasteiger partial charge in [-0.05, 0) is 51.5 Å². The molecule has 1 amide bonds. The highest BCUT2D eigenvalue weighted by Crippen LogP contribution is 2.20. The Bertz CT molecular complexity index is 477. The number of halogens is 1. The Kier molecular flexibility index (Phi) is 5.51. The molecule has 0 fully saturated rings. The molecule has 0 aliphatic carbocycles. The molecular weight excluding hydrogens is 259 g/mol. The number of carbonyl (C=O) groups is 1. The van der Waals surface area contributed by atoms with E-state index < -0.39 is 11.4 Å². The van der Waals surface area contributed by atoms with Crippen LogP contribution in [0.15, 0.2) is 18.2 Å². The third-order valence-electron chi connectivity index (χ3n) is 3.15. The molecule has 1 unspecified atom stereocenters. The zero-order valence-electron chi connectivity index (χ0n) is 12.5. The first-order valence-electron chi connectivity index (χ1n) is 6.71. The maximum Gasteiger partial charge on any atom is 0.237 e. The average molecular weight is 282 g/mol. The van der Waals surface area contributed by atoms with Crippen molar-refractivity contribution < 1.29 is 13.9 Å². The van der Waals surface area contributed by atoms with E-state index in [9.17, 15) is 9.18 Å². The molecule has 0 radical (unpaired) electrons. The maximum absolute atomic E-state index is 13.0. The van der Waals surface area contributed by atoms with Crippen LogP contribution in [0, 0.1) is 12.7 Å². The van der Waals surface area contributed by atoms with Crippen LogP contribution in [0.2, 0.25) is 0 Å². The third-order valence-corrected chi connectivity index (χ3v) is 3.15. The normalized spacial score (nSPS) is 14.1. The molecule has 0 saturated heterocycles. The number of benzene rings is 1. The Balaban J connectivity index is 2.63. The SMILES string of the molecule is Cc1cc(F)ccc1OCCC(C)(NC(C)C)C(N)=O. The molecular formula is C15H23FN2O2. The molecule has 0 bridgehead atoms. The first kappa shape index (κ1) is 16.4. The van der Waals surface area contributed by atoms with Gasteiger partial charge in [0.1, 0.15) is 11.6 Å². The molecule has 0 heterocycles. The highest BCUT2D eigenvalue weighted by Gasteiger charge is 2.31. The predicted octanol–water partition coefficient (Wildman–Crippen LogP) is 2.15. The molecule has 20 heavy (non-hydrogen) atoms. The number of amides is 1. The highest BCUT2D eigenvalue weighted by molar-refractivity contribution is 5.84. The quantitative estimate of drug-likeness (QED) is 0.805. The van der Waals surface area contributed by atoms with Gasteiger partial charge in [0.25, 0.3) is 0 Å². The lowest BCUT2D eigenvalue weighted by Crippen LogP contribution is -2.56. The molecule has 112 valence electrons. The molecule has 1 atom stereocenters. The Labute approximate surface area is 119 Å². The fourth-order valence-electron chi connectivity index (χ4n) is 2.04. The molecule has 3 N–H and O–H groups in total. The zero-order valence-corrected chi connectivity index (χ0v) is 12.5. The van der Waals surface area contributed by atoms with Crippen molar-refractivity contribution in [3.8, 4) is 5.75 Å². The Morgan fingerprint density at radius 2 is 2.15 bits per heavy atom. The van der Waals surface area contributed by atoms with Gasteiger partial charge in [-0.15, -0.1) is 0 Å². The van der Waals surface area contributed by atoms with E-state index in [0.717, 1.165) is 5.56 Å². The Hall–Kier alpha value is -1.62. The molecule has 1 aromatic rings. The predicted molar refractivity (Wildman–Crippen MR) is 77.1 cm³/mol. The van der Waals surface area contributed by atoms with Crippen LogP contribution >= 0.6 is 0 Å². The number of carbonyl (C=O) groups excluding carboxylic acids is 1. The van der Waals surface area contributed by atoms with Gasteiger partial charge >= 0.3 is 0 Å². The van der Waals surface area contributed by atoms with E-state index in [1.807, 2.05) is 13.8 Å². The lowest BCUT2D eigenvalue weighted by molar-refractivity contribution is -0.124. The first-order chi connectivity index (χ1) is 9.24. The van der Waals surface area contributed by atoms with Crippen LogP contribution in [0.5, 0.6) is 5.75 Å². The van der Waals surface area contributed by atoms with Gasteiger partial charge in [0, 0.05) is 12.5 Å². The minimum atomic E-state index is -0.817. The van der Waals surface area contributed by atoms with Gasteiger partial charge in [-0.1, -0.05) is 0 Å². The molecule has 4 nitrogen and oxygen atoms in total. The van der Waals surface area contributed by atoms with Crippen molar-refractivity contribution in [3.63, 3.8) is 0 Å².